The van der Waals surface area contributed by atoms with Crippen LogP contribution in [0.2, 0.25) is 0 Å². The van der Waals surface area contributed by atoms with Crippen LogP contribution in [0, 0.1) is 5.92 Å². The predicted molar refractivity (Wildman–Crippen MR) is 90.2 cm³/mol. The number of ether oxygens (including phenoxy) is 1. The number of carbonyl (C=O) groups is 1. The largest absolute Gasteiger partial charge is 0.481 e. The van der Waals surface area contributed by atoms with E-state index in [9.17, 15) is 4.79 Å². The molecule has 0 aliphatic rings. The smallest absolute Gasteiger partial charge is 0.237 e. The summed E-state index contributed by atoms with van der Waals surface area (Å²) < 4.78 is 5.21. The normalized spacial score (nSPS) is 11.9. The third-order valence-electron chi connectivity index (χ3n) is 3.46. The molecule has 5 nitrogen and oxygen atoms in total. The maximum atomic E-state index is 12.0. The van der Waals surface area contributed by atoms with Gasteiger partial charge in [-0.1, -0.05) is 32.0 Å². The van der Waals surface area contributed by atoms with E-state index in [0.717, 1.165) is 16.5 Å². The number of pyridine rings is 1. The van der Waals surface area contributed by atoms with Gasteiger partial charge in [0.1, 0.15) is 0 Å². The number of nitrogens with one attached hydrogen (secondary N) is 1. The number of aromatic nitrogens is 1. The van der Waals surface area contributed by atoms with E-state index in [1.807, 2.05) is 44.2 Å². The molecule has 1 heterocycles. The first-order valence-corrected chi connectivity index (χ1v) is 6.99. The van der Waals surface area contributed by atoms with Gasteiger partial charge in [-0.25, -0.2) is 4.98 Å². The lowest BCUT2D eigenvalue weighted by atomic mass is 10.0. The van der Waals surface area contributed by atoms with Crippen LogP contribution in [-0.2, 0) is 11.3 Å². The second-order valence-corrected chi connectivity index (χ2v) is 5.33. The van der Waals surface area contributed by atoms with Gasteiger partial charge in [-0.05, 0) is 17.5 Å². The molecule has 0 radical (unpaired) electrons. The Hall–Kier alpha value is -1.85. The fraction of sp³-hybridized carbons (Fsp3) is 0.375. The highest BCUT2D eigenvalue weighted by atomic mass is 35.5. The van der Waals surface area contributed by atoms with Gasteiger partial charge in [0.15, 0.2) is 0 Å². The molecular formula is C16H22ClN3O2. The van der Waals surface area contributed by atoms with E-state index in [1.54, 1.807) is 7.11 Å². The maximum absolute atomic E-state index is 12.0. The molecule has 3 N–H and O–H groups in total. The van der Waals surface area contributed by atoms with Crippen LogP contribution < -0.4 is 15.8 Å². The molecule has 1 amide bonds. The first-order chi connectivity index (χ1) is 10.0. The highest BCUT2D eigenvalue weighted by Crippen LogP contribution is 2.21. The number of nitrogens with two attached hydrogens (primary N) is 1. The SMILES string of the molecule is COc1cc(CNC(=O)[C@@H](N)C(C)C)c2ccccc2n1.Cl. The number of rotatable bonds is 5. The molecule has 0 fully saturated rings. The van der Waals surface area contributed by atoms with Crippen LogP contribution in [0.15, 0.2) is 30.3 Å². The maximum Gasteiger partial charge on any atom is 0.237 e. The van der Waals surface area contributed by atoms with Gasteiger partial charge in [0, 0.05) is 18.0 Å². The van der Waals surface area contributed by atoms with Crippen LogP contribution in [0.25, 0.3) is 10.9 Å². The van der Waals surface area contributed by atoms with E-state index >= 15 is 0 Å². The zero-order valence-corrected chi connectivity index (χ0v) is 13.8. The molecule has 120 valence electrons. The summed E-state index contributed by atoms with van der Waals surface area (Å²) >= 11 is 0. The Morgan fingerprint density at radius 3 is 2.68 bits per heavy atom. The number of carbonyl (C=O) groups excluding carboxylic acids is 1. The molecule has 2 aromatic rings. The minimum atomic E-state index is -0.500. The molecule has 0 unspecified atom stereocenters. The fourth-order valence-electron chi connectivity index (χ4n) is 2.07. The molecule has 0 bridgehead atoms. The Bertz CT molecular complexity index is 646. The van der Waals surface area contributed by atoms with Crippen LogP contribution in [0.3, 0.4) is 0 Å². The monoisotopic (exact) mass is 323 g/mol. The molecule has 2 rings (SSSR count). The lowest BCUT2D eigenvalue weighted by molar-refractivity contribution is -0.123. The second kappa shape index (κ2) is 7.96. The van der Waals surface area contributed by atoms with Crippen molar-refractivity contribution in [3.8, 4) is 5.88 Å². The van der Waals surface area contributed by atoms with Gasteiger partial charge >= 0.3 is 0 Å². The minimum absolute atomic E-state index is 0. The van der Waals surface area contributed by atoms with Gasteiger partial charge in [0.25, 0.3) is 0 Å². The van der Waals surface area contributed by atoms with Gasteiger partial charge in [0.2, 0.25) is 11.8 Å². The Balaban J connectivity index is 0.00000242. The third kappa shape index (κ3) is 4.08. The number of halogens is 1. The first-order valence-electron chi connectivity index (χ1n) is 6.99. The lowest BCUT2D eigenvalue weighted by Crippen LogP contribution is -2.43. The van der Waals surface area contributed by atoms with Crippen molar-refractivity contribution in [1.29, 1.82) is 0 Å². The van der Waals surface area contributed by atoms with E-state index in [2.05, 4.69) is 10.3 Å². The quantitative estimate of drug-likeness (QED) is 0.885. The van der Waals surface area contributed by atoms with Crippen LogP contribution in [0.4, 0.5) is 0 Å². The topological polar surface area (TPSA) is 77.2 Å². The number of amides is 1. The predicted octanol–water partition coefficient (Wildman–Crippen LogP) is 2.26. The summed E-state index contributed by atoms with van der Waals surface area (Å²) in [6.07, 6.45) is 0. The number of benzene rings is 1. The van der Waals surface area contributed by atoms with Crippen molar-refractivity contribution in [2.75, 3.05) is 7.11 Å². The van der Waals surface area contributed by atoms with Crippen molar-refractivity contribution >= 4 is 29.2 Å². The Labute approximate surface area is 136 Å². The number of hydrogen-bond acceptors (Lipinski definition) is 4. The number of para-hydroxylation sites is 1. The first kappa shape index (κ1) is 18.2. The average molecular weight is 324 g/mol. The summed E-state index contributed by atoms with van der Waals surface area (Å²) in [6, 6.07) is 9.10. The van der Waals surface area contributed by atoms with Crippen LogP contribution in [0.5, 0.6) is 5.88 Å². The average Bonchev–Trinajstić information content (AvgIpc) is 2.50. The molecule has 0 saturated heterocycles. The summed E-state index contributed by atoms with van der Waals surface area (Å²) in [4.78, 5) is 16.4. The van der Waals surface area contributed by atoms with Gasteiger partial charge in [-0.2, -0.15) is 0 Å². The van der Waals surface area contributed by atoms with Crippen LogP contribution >= 0.6 is 12.4 Å². The van der Waals surface area contributed by atoms with Gasteiger partial charge in [-0.15, -0.1) is 12.4 Å². The van der Waals surface area contributed by atoms with E-state index in [4.69, 9.17) is 10.5 Å². The number of hydrogen-bond donors (Lipinski definition) is 2. The summed E-state index contributed by atoms with van der Waals surface area (Å²) in [5, 5.41) is 3.87. The minimum Gasteiger partial charge on any atom is -0.481 e. The Morgan fingerprint density at radius 1 is 1.36 bits per heavy atom. The second-order valence-electron chi connectivity index (χ2n) is 5.33. The molecule has 0 saturated carbocycles. The van der Waals surface area contributed by atoms with E-state index in [0.29, 0.717) is 12.4 Å². The lowest BCUT2D eigenvalue weighted by Gasteiger charge is -2.16. The summed E-state index contributed by atoms with van der Waals surface area (Å²) in [5.41, 5.74) is 7.65. The van der Waals surface area contributed by atoms with Crippen molar-refractivity contribution in [1.82, 2.24) is 10.3 Å². The van der Waals surface area contributed by atoms with Gasteiger partial charge in [-0.3, -0.25) is 4.79 Å². The number of methoxy groups -OCH3 is 1. The molecule has 22 heavy (non-hydrogen) atoms. The third-order valence-corrected chi connectivity index (χ3v) is 3.46. The summed E-state index contributed by atoms with van der Waals surface area (Å²) in [5.74, 6) is 0.490. The standard InChI is InChI=1S/C16H21N3O2.ClH/c1-10(2)15(17)16(20)18-9-11-8-14(21-3)19-13-7-5-4-6-12(11)13;/h4-8,10,15H,9,17H2,1-3H3,(H,18,20);1H/t15-;/m0./s1. The Kier molecular flexibility index (Phi) is 6.59. The molecule has 1 aromatic carbocycles. The van der Waals surface area contributed by atoms with Crippen molar-refractivity contribution < 1.29 is 9.53 Å². The van der Waals surface area contributed by atoms with Crippen molar-refractivity contribution in [2.45, 2.75) is 26.4 Å². The van der Waals surface area contributed by atoms with Crippen LogP contribution in [0.1, 0.15) is 19.4 Å². The molecular weight excluding hydrogens is 302 g/mol. The highest BCUT2D eigenvalue weighted by Gasteiger charge is 2.17. The summed E-state index contributed by atoms with van der Waals surface area (Å²) in [6.45, 7) is 4.25. The number of fused-ring (bicyclic) bond motifs is 1. The van der Waals surface area contributed by atoms with Crippen molar-refractivity contribution in [3.05, 3.63) is 35.9 Å². The van der Waals surface area contributed by atoms with E-state index in [1.165, 1.54) is 0 Å². The Morgan fingerprint density at radius 2 is 2.05 bits per heavy atom. The fourth-order valence-corrected chi connectivity index (χ4v) is 2.07. The summed E-state index contributed by atoms with van der Waals surface area (Å²) in [7, 11) is 1.58. The number of nitrogens with zero attached hydrogens (tertiary/aromatic N) is 1. The molecule has 1 aromatic heterocycles. The molecule has 0 spiro atoms. The highest BCUT2D eigenvalue weighted by molar-refractivity contribution is 5.85. The molecule has 0 aliphatic carbocycles. The van der Waals surface area contributed by atoms with E-state index < -0.39 is 6.04 Å². The molecule has 6 heteroatoms. The van der Waals surface area contributed by atoms with Gasteiger partial charge in [0.05, 0.1) is 18.7 Å². The van der Waals surface area contributed by atoms with Crippen molar-refractivity contribution in [3.63, 3.8) is 0 Å². The molecule has 1 atom stereocenters. The van der Waals surface area contributed by atoms with Gasteiger partial charge < -0.3 is 15.8 Å². The van der Waals surface area contributed by atoms with Crippen molar-refractivity contribution in [2.24, 2.45) is 11.7 Å². The van der Waals surface area contributed by atoms with Crippen LogP contribution in [-0.4, -0.2) is 24.0 Å². The zero-order chi connectivity index (χ0) is 15.4. The zero-order valence-electron chi connectivity index (χ0n) is 13.0. The molecule has 0 aliphatic heterocycles. The van der Waals surface area contributed by atoms with E-state index in [-0.39, 0.29) is 24.2 Å².